The molecule has 0 spiro atoms. The summed E-state index contributed by atoms with van der Waals surface area (Å²) >= 11 is 0. The molecule has 4 aromatic rings. The molecule has 1 aliphatic heterocycles. The van der Waals surface area contributed by atoms with Gasteiger partial charge in [-0.3, -0.25) is 9.59 Å². The fraction of sp³-hybridized carbons (Fsp3) is 0.321. The van der Waals surface area contributed by atoms with Crippen molar-refractivity contribution in [3.63, 3.8) is 0 Å². The summed E-state index contributed by atoms with van der Waals surface area (Å²) in [6.45, 7) is 7.00. The van der Waals surface area contributed by atoms with E-state index in [1.54, 1.807) is 23.4 Å². The third-order valence-electron chi connectivity index (χ3n) is 6.60. The minimum atomic E-state index is -0.296. The zero-order valence-electron chi connectivity index (χ0n) is 20.8. The lowest BCUT2D eigenvalue weighted by Gasteiger charge is -2.32. The van der Waals surface area contributed by atoms with Crippen LogP contribution in [-0.4, -0.2) is 49.6 Å². The number of carbonyl (C=O) groups is 2. The van der Waals surface area contributed by atoms with E-state index < -0.39 is 0 Å². The molecule has 8 nitrogen and oxygen atoms in total. The van der Waals surface area contributed by atoms with Crippen molar-refractivity contribution in [2.24, 2.45) is 5.92 Å². The van der Waals surface area contributed by atoms with Gasteiger partial charge in [-0.15, -0.1) is 0 Å². The first-order valence-corrected chi connectivity index (χ1v) is 12.4. The second kappa shape index (κ2) is 9.89. The van der Waals surface area contributed by atoms with E-state index in [4.69, 9.17) is 4.98 Å². The first kappa shape index (κ1) is 23.7. The molecule has 2 amide bonds. The smallest absolute Gasteiger partial charge is 0.254 e. The summed E-state index contributed by atoms with van der Waals surface area (Å²) in [4.78, 5) is 37.8. The highest BCUT2D eigenvalue weighted by molar-refractivity contribution is 6.06. The Balaban J connectivity index is 1.44. The van der Waals surface area contributed by atoms with Gasteiger partial charge in [0, 0.05) is 30.9 Å². The topological polar surface area (TPSA) is 93.0 Å². The molecule has 5 rings (SSSR count). The average Bonchev–Trinajstić information content (AvgIpc) is 3.34. The van der Waals surface area contributed by atoms with Crippen molar-refractivity contribution in [2.45, 2.75) is 39.7 Å². The normalized spacial score (nSPS) is 15.9. The molecule has 0 bridgehead atoms. The third kappa shape index (κ3) is 4.71. The summed E-state index contributed by atoms with van der Waals surface area (Å²) in [6.07, 6.45) is 4.94. The van der Waals surface area contributed by atoms with Crippen LogP contribution >= 0.6 is 0 Å². The van der Waals surface area contributed by atoms with Crippen LogP contribution in [0.2, 0.25) is 0 Å². The number of aromatic nitrogens is 4. The van der Waals surface area contributed by atoms with Crippen LogP contribution in [0.5, 0.6) is 0 Å². The van der Waals surface area contributed by atoms with E-state index in [1.807, 2.05) is 67.9 Å². The lowest BCUT2D eigenvalue weighted by molar-refractivity contribution is -0.121. The van der Waals surface area contributed by atoms with E-state index >= 15 is 0 Å². The molecule has 0 radical (unpaired) electrons. The molecule has 3 aromatic heterocycles. The van der Waals surface area contributed by atoms with Crippen molar-refractivity contribution in [3.05, 3.63) is 72.1 Å². The van der Waals surface area contributed by atoms with Gasteiger partial charge in [0.25, 0.3) is 5.91 Å². The lowest BCUT2D eigenvalue weighted by atomic mass is 9.96. The van der Waals surface area contributed by atoms with Crippen LogP contribution in [0.3, 0.4) is 0 Å². The summed E-state index contributed by atoms with van der Waals surface area (Å²) in [5.41, 5.74) is 3.94. The largest absolute Gasteiger partial charge is 0.338 e. The number of carbonyl (C=O) groups excluding carboxylic acids is 2. The minimum Gasteiger partial charge on any atom is -0.338 e. The fourth-order valence-corrected chi connectivity index (χ4v) is 4.65. The molecule has 1 N–H and O–H groups in total. The summed E-state index contributed by atoms with van der Waals surface area (Å²) in [5.74, 6) is 0.0174. The molecule has 1 saturated heterocycles. The fourth-order valence-electron chi connectivity index (χ4n) is 4.65. The number of aryl methyl sites for hydroxylation is 1. The predicted octanol–water partition coefficient (Wildman–Crippen LogP) is 4.87. The molecular weight excluding hydrogens is 452 g/mol. The van der Waals surface area contributed by atoms with Gasteiger partial charge in [0.05, 0.1) is 28.8 Å². The van der Waals surface area contributed by atoms with Gasteiger partial charge in [0.1, 0.15) is 5.82 Å². The third-order valence-corrected chi connectivity index (χ3v) is 6.60. The molecule has 1 unspecified atom stereocenters. The highest BCUT2D eigenvalue weighted by Crippen LogP contribution is 2.29. The number of amides is 2. The second-order valence-corrected chi connectivity index (χ2v) is 9.64. The molecule has 1 aliphatic rings. The molecule has 1 fully saturated rings. The molecule has 1 aromatic carbocycles. The zero-order valence-corrected chi connectivity index (χ0v) is 20.8. The van der Waals surface area contributed by atoms with E-state index in [2.05, 4.69) is 15.4 Å². The quantitative estimate of drug-likeness (QED) is 0.438. The number of likely N-dealkylation sites (tertiary alicyclic amines) is 1. The standard InChI is InChI=1S/C28H30N6O2/c1-18(2)34-26-23(16-30-34)22(14-24(31-26)20-8-5-4-6-9-20)28(36)33-13-7-10-21(17-33)27(35)32-25-12-11-19(3)15-29-25/h4-6,8-9,11-12,14-16,18,21H,7,10,13,17H2,1-3H3,(H,29,32,35). The van der Waals surface area contributed by atoms with E-state index in [-0.39, 0.29) is 23.8 Å². The summed E-state index contributed by atoms with van der Waals surface area (Å²) < 4.78 is 1.85. The zero-order chi connectivity index (χ0) is 25.2. The van der Waals surface area contributed by atoms with Gasteiger partial charge < -0.3 is 10.2 Å². The number of benzene rings is 1. The number of nitrogens with one attached hydrogen (secondary N) is 1. The van der Waals surface area contributed by atoms with Crippen LogP contribution in [0.4, 0.5) is 5.82 Å². The molecule has 0 aliphatic carbocycles. The van der Waals surface area contributed by atoms with Crippen molar-refractivity contribution >= 4 is 28.7 Å². The van der Waals surface area contributed by atoms with E-state index in [1.165, 1.54) is 0 Å². The van der Waals surface area contributed by atoms with Crippen molar-refractivity contribution in [1.82, 2.24) is 24.6 Å². The van der Waals surface area contributed by atoms with Gasteiger partial charge in [-0.25, -0.2) is 14.6 Å². The van der Waals surface area contributed by atoms with E-state index in [9.17, 15) is 9.59 Å². The average molecular weight is 483 g/mol. The molecule has 8 heteroatoms. The summed E-state index contributed by atoms with van der Waals surface area (Å²) in [7, 11) is 0. The van der Waals surface area contributed by atoms with Crippen molar-refractivity contribution < 1.29 is 9.59 Å². The number of nitrogens with zero attached hydrogens (tertiary/aromatic N) is 5. The van der Waals surface area contributed by atoms with Crippen LogP contribution in [0.25, 0.3) is 22.3 Å². The van der Waals surface area contributed by atoms with Gasteiger partial charge in [0.2, 0.25) is 5.91 Å². The van der Waals surface area contributed by atoms with Gasteiger partial charge in [-0.1, -0.05) is 36.4 Å². The maximum atomic E-state index is 13.9. The summed E-state index contributed by atoms with van der Waals surface area (Å²) in [5, 5.41) is 8.15. The van der Waals surface area contributed by atoms with Crippen molar-refractivity contribution in [1.29, 1.82) is 0 Å². The molecule has 36 heavy (non-hydrogen) atoms. The molecule has 4 heterocycles. The number of pyridine rings is 2. The molecule has 184 valence electrons. The van der Waals surface area contributed by atoms with Gasteiger partial charge >= 0.3 is 0 Å². The summed E-state index contributed by atoms with van der Waals surface area (Å²) in [6, 6.07) is 15.5. The second-order valence-electron chi connectivity index (χ2n) is 9.64. The number of anilines is 1. The Kier molecular flexibility index (Phi) is 6.50. The molecule has 1 atom stereocenters. The minimum absolute atomic E-state index is 0.0995. The Bertz CT molecular complexity index is 1400. The molecule has 0 saturated carbocycles. The maximum absolute atomic E-state index is 13.9. The Labute approximate surface area is 210 Å². The van der Waals surface area contributed by atoms with Crippen molar-refractivity contribution in [2.75, 3.05) is 18.4 Å². The number of rotatable bonds is 5. The first-order chi connectivity index (χ1) is 17.4. The predicted molar refractivity (Wildman–Crippen MR) is 140 cm³/mol. The van der Waals surface area contributed by atoms with Gasteiger partial charge in [-0.2, -0.15) is 5.10 Å². The number of piperidine rings is 1. The Morgan fingerprint density at radius 3 is 2.61 bits per heavy atom. The number of hydrogen-bond acceptors (Lipinski definition) is 5. The Morgan fingerprint density at radius 1 is 1.08 bits per heavy atom. The lowest BCUT2D eigenvalue weighted by Crippen LogP contribution is -2.43. The van der Waals surface area contributed by atoms with Crippen LogP contribution < -0.4 is 5.32 Å². The van der Waals surface area contributed by atoms with E-state index in [0.29, 0.717) is 30.1 Å². The highest BCUT2D eigenvalue weighted by Gasteiger charge is 2.31. The van der Waals surface area contributed by atoms with Crippen LogP contribution in [-0.2, 0) is 4.79 Å². The first-order valence-electron chi connectivity index (χ1n) is 12.4. The van der Waals surface area contributed by atoms with Crippen LogP contribution in [0, 0.1) is 12.8 Å². The Hall–Kier alpha value is -4.07. The SMILES string of the molecule is Cc1ccc(NC(=O)C2CCCN(C(=O)c3cc(-c4ccccc4)nc4c3cnn4C(C)C)C2)nc1. The van der Waals surface area contributed by atoms with Crippen molar-refractivity contribution in [3.8, 4) is 11.3 Å². The maximum Gasteiger partial charge on any atom is 0.254 e. The molecular formula is C28H30N6O2. The van der Waals surface area contributed by atoms with Gasteiger partial charge in [0.15, 0.2) is 5.65 Å². The van der Waals surface area contributed by atoms with Crippen LogP contribution in [0.1, 0.15) is 48.7 Å². The van der Waals surface area contributed by atoms with Gasteiger partial charge in [-0.05, 0) is 51.3 Å². The highest BCUT2D eigenvalue weighted by atomic mass is 16.2. The van der Waals surface area contributed by atoms with Crippen LogP contribution in [0.15, 0.2) is 60.9 Å². The Morgan fingerprint density at radius 2 is 1.89 bits per heavy atom. The number of hydrogen-bond donors (Lipinski definition) is 1. The van der Waals surface area contributed by atoms with E-state index in [0.717, 1.165) is 35.0 Å². The monoisotopic (exact) mass is 482 g/mol. The number of fused-ring (bicyclic) bond motifs is 1.